The van der Waals surface area contributed by atoms with E-state index in [2.05, 4.69) is 25.5 Å². The number of carbonyl (C=O) groups is 4. The van der Waals surface area contributed by atoms with Crippen LogP contribution in [0, 0.1) is 20.8 Å². The van der Waals surface area contributed by atoms with E-state index in [0.29, 0.717) is 91.6 Å². The molecular formula is C39H56N4O14S2. The largest absolute Gasteiger partial charge is 0.480 e. The third-order valence-electron chi connectivity index (χ3n) is 9.39. The number of carboxylic acid groups (broad SMARTS) is 1. The highest BCUT2D eigenvalue weighted by molar-refractivity contribution is 8.00. The van der Waals surface area contributed by atoms with Crippen molar-refractivity contribution in [3.05, 3.63) is 52.6 Å². The van der Waals surface area contributed by atoms with Crippen LogP contribution in [0.3, 0.4) is 0 Å². The van der Waals surface area contributed by atoms with Gasteiger partial charge in [0.15, 0.2) is 0 Å². The van der Waals surface area contributed by atoms with E-state index in [-0.39, 0.29) is 55.8 Å². The number of benzene rings is 2. The van der Waals surface area contributed by atoms with Gasteiger partial charge in [-0.2, -0.15) is 20.2 Å². The average molecular weight is 869 g/mol. The third-order valence-corrected chi connectivity index (χ3v) is 11.3. The molecule has 2 aliphatic heterocycles. The fraction of sp³-hybridized carbons (Fsp3) is 0.590. The molecular weight excluding hydrogens is 813 g/mol. The molecule has 0 spiro atoms. The lowest BCUT2D eigenvalue weighted by atomic mass is 10.00. The topological polar surface area (TPSA) is 246 Å². The molecule has 0 aromatic heterocycles. The van der Waals surface area contributed by atoms with Gasteiger partial charge in [0, 0.05) is 36.8 Å². The lowest BCUT2D eigenvalue weighted by Gasteiger charge is -2.18. The number of hydrogen-bond donors (Lipinski definition) is 6. The van der Waals surface area contributed by atoms with E-state index >= 15 is 0 Å². The van der Waals surface area contributed by atoms with Gasteiger partial charge in [-0.25, -0.2) is 9.59 Å². The molecule has 18 nitrogen and oxygen atoms in total. The van der Waals surface area contributed by atoms with Crippen LogP contribution in [0.1, 0.15) is 54.4 Å². The number of hydrogen-bond acceptors (Lipinski definition) is 13. The summed E-state index contributed by atoms with van der Waals surface area (Å²) in [5.74, 6) is 0.163. The minimum Gasteiger partial charge on any atom is -0.480 e. The predicted molar refractivity (Wildman–Crippen MR) is 217 cm³/mol. The summed E-state index contributed by atoms with van der Waals surface area (Å²) in [6.07, 6.45) is 3.20. The molecule has 0 aliphatic carbocycles. The first kappa shape index (κ1) is 47.5. The number of urea groups is 1. The van der Waals surface area contributed by atoms with Crippen molar-refractivity contribution < 1.29 is 65.1 Å². The second-order valence-electron chi connectivity index (χ2n) is 14.2. The van der Waals surface area contributed by atoms with E-state index in [4.69, 9.17) is 28.2 Å². The van der Waals surface area contributed by atoms with E-state index in [9.17, 15) is 32.7 Å². The molecule has 2 saturated heterocycles. The van der Waals surface area contributed by atoms with Crippen LogP contribution in [0.4, 0.5) is 4.79 Å². The zero-order chi connectivity index (χ0) is 42.8. The van der Waals surface area contributed by atoms with Crippen molar-refractivity contribution in [3.63, 3.8) is 0 Å². The highest BCUT2D eigenvalue weighted by atomic mass is 32.3. The second kappa shape index (κ2) is 24.2. The maximum Gasteiger partial charge on any atom is 0.446 e. The molecule has 2 fully saturated rings. The Kier molecular flexibility index (Phi) is 19.5. The quantitative estimate of drug-likeness (QED) is 0.0409. The Hall–Kier alpha value is -4.18. The monoisotopic (exact) mass is 868 g/mol. The molecule has 2 aliphatic rings. The molecule has 2 heterocycles. The normalized spacial score (nSPS) is 17.8. The van der Waals surface area contributed by atoms with Gasteiger partial charge in [0.25, 0.3) is 0 Å². The Balaban J connectivity index is 0.973. The number of rotatable bonds is 28. The van der Waals surface area contributed by atoms with Gasteiger partial charge in [0.1, 0.15) is 23.3 Å². The Morgan fingerprint density at radius 2 is 1.49 bits per heavy atom. The van der Waals surface area contributed by atoms with Crippen LogP contribution in [0.25, 0.3) is 0 Å². The van der Waals surface area contributed by atoms with Gasteiger partial charge in [-0.1, -0.05) is 18.6 Å². The number of aryl methyl sites for hydroxylation is 3. The Morgan fingerprint density at radius 3 is 2.12 bits per heavy atom. The highest BCUT2D eigenvalue weighted by Crippen LogP contribution is 2.34. The fourth-order valence-electron chi connectivity index (χ4n) is 6.58. The van der Waals surface area contributed by atoms with Crippen LogP contribution < -0.4 is 30.2 Å². The molecule has 4 unspecified atom stereocenters. The van der Waals surface area contributed by atoms with Crippen molar-refractivity contribution in [1.82, 2.24) is 21.3 Å². The van der Waals surface area contributed by atoms with E-state index < -0.39 is 28.3 Å². The lowest BCUT2D eigenvalue weighted by Crippen LogP contribution is -2.42. The SMILES string of the molecule is Cc1cc(Oc2c(C)cc(CC(NC(=O)CCOCCOCCOCCOCCNC(=O)CCCCC3SCC4NC(=O)NC43)C(=O)O)cc2C)ccc1OS(=O)(=O)O. The number of ether oxygens (including phenoxy) is 5. The standard InChI is InChI=1S/C39H56N4O14S2/c1-25-22-29(8-9-32(25)57-59(49,50)51)56-37-26(2)20-28(21-27(37)3)23-30(38(46)47)41-35(45)10-12-52-14-16-54-18-19-55-17-15-53-13-11-40-34(44)7-5-4-6-33-36-31(24-58-33)42-39(48)43-36/h8-9,20-22,30-31,33,36H,4-7,10-19,23-24H2,1-3H3,(H,40,44)(H,41,45)(H,46,47)(H2,42,43,48)(H,49,50,51). The predicted octanol–water partition coefficient (Wildman–Crippen LogP) is 3.00. The summed E-state index contributed by atoms with van der Waals surface area (Å²) in [6.45, 7) is 8.11. The lowest BCUT2D eigenvalue weighted by molar-refractivity contribution is -0.142. The smallest absolute Gasteiger partial charge is 0.446 e. The van der Waals surface area contributed by atoms with Crippen molar-refractivity contribution in [2.24, 2.45) is 0 Å². The zero-order valence-electron chi connectivity index (χ0n) is 33.6. The molecule has 59 heavy (non-hydrogen) atoms. The number of nitrogens with one attached hydrogen (secondary N) is 4. The summed E-state index contributed by atoms with van der Waals surface area (Å²) < 4.78 is 63.5. The van der Waals surface area contributed by atoms with Crippen molar-refractivity contribution in [1.29, 1.82) is 0 Å². The first-order valence-corrected chi connectivity index (χ1v) is 21.9. The Labute approximate surface area is 349 Å². The summed E-state index contributed by atoms with van der Waals surface area (Å²) in [6, 6.07) is 7.10. The summed E-state index contributed by atoms with van der Waals surface area (Å²) in [7, 11) is -4.67. The number of aliphatic carboxylic acids is 1. The zero-order valence-corrected chi connectivity index (χ0v) is 35.3. The number of carboxylic acids is 1. The van der Waals surface area contributed by atoms with E-state index in [0.717, 1.165) is 25.0 Å². The number of thioether (sulfide) groups is 1. The van der Waals surface area contributed by atoms with Gasteiger partial charge in [0.2, 0.25) is 11.8 Å². The molecule has 328 valence electrons. The first-order chi connectivity index (χ1) is 28.2. The molecule has 20 heteroatoms. The van der Waals surface area contributed by atoms with Crippen molar-refractivity contribution in [2.75, 3.05) is 65.2 Å². The molecule has 2 aromatic rings. The molecule has 4 atom stereocenters. The molecule has 4 rings (SSSR count). The van der Waals surface area contributed by atoms with Gasteiger partial charge >= 0.3 is 22.4 Å². The van der Waals surface area contributed by atoms with Gasteiger partial charge in [-0.05, 0) is 74.1 Å². The van der Waals surface area contributed by atoms with E-state index in [1.165, 1.54) is 12.1 Å². The maximum absolute atomic E-state index is 12.5. The fourth-order valence-corrected chi connectivity index (χ4v) is 8.54. The summed E-state index contributed by atoms with van der Waals surface area (Å²) in [5.41, 5.74) is 2.52. The summed E-state index contributed by atoms with van der Waals surface area (Å²) >= 11 is 1.88. The van der Waals surface area contributed by atoms with Crippen LogP contribution in [0.2, 0.25) is 0 Å². The van der Waals surface area contributed by atoms with Gasteiger partial charge < -0.3 is 54.2 Å². The van der Waals surface area contributed by atoms with Gasteiger partial charge in [-0.3, -0.25) is 14.1 Å². The molecule has 6 N–H and O–H groups in total. The van der Waals surface area contributed by atoms with Crippen molar-refractivity contribution >= 4 is 46.0 Å². The maximum atomic E-state index is 12.5. The Morgan fingerprint density at radius 1 is 0.847 bits per heavy atom. The number of fused-ring (bicyclic) bond motifs is 1. The number of amides is 4. The average Bonchev–Trinajstić information content (AvgIpc) is 3.72. The molecule has 0 saturated carbocycles. The van der Waals surface area contributed by atoms with Gasteiger partial charge in [0.05, 0.1) is 64.9 Å². The van der Waals surface area contributed by atoms with Crippen LogP contribution in [0.15, 0.2) is 30.3 Å². The van der Waals surface area contributed by atoms with E-state index in [1.54, 1.807) is 39.0 Å². The third kappa shape index (κ3) is 17.1. The minimum absolute atomic E-state index is 0.00112. The summed E-state index contributed by atoms with van der Waals surface area (Å²) in [4.78, 5) is 48.1. The van der Waals surface area contributed by atoms with Crippen LogP contribution in [-0.4, -0.2) is 130 Å². The van der Waals surface area contributed by atoms with Crippen molar-refractivity contribution in [3.8, 4) is 17.2 Å². The Bertz CT molecular complexity index is 1810. The number of carbonyl (C=O) groups excluding carboxylic acids is 3. The molecule has 0 radical (unpaired) electrons. The first-order valence-electron chi connectivity index (χ1n) is 19.5. The highest BCUT2D eigenvalue weighted by Gasteiger charge is 2.42. The van der Waals surface area contributed by atoms with Crippen LogP contribution in [-0.2, 0) is 50.2 Å². The second-order valence-corrected chi connectivity index (χ2v) is 16.5. The van der Waals surface area contributed by atoms with Gasteiger partial charge in [-0.15, -0.1) is 0 Å². The van der Waals surface area contributed by atoms with E-state index in [1.807, 2.05) is 11.8 Å². The van der Waals surface area contributed by atoms with Crippen molar-refractivity contribution in [2.45, 2.75) is 82.7 Å². The molecule has 4 amide bonds. The van der Waals surface area contributed by atoms with Crippen LogP contribution >= 0.6 is 11.8 Å². The summed E-state index contributed by atoms with van der Waals surface area (Å²) in [5, 5.41) is 21.5. The molecule has 0 bridgehead atoms. The van der Waals surface area contributed by atoms with Crippen LogP contribution in [0.5, 0.6) is 17.2 Å². The molecule has 2 aromatic carbocycles. The minimum atomic E-state index is -4.67. The number of unbranched alkanes of at least 4 members (excludes halogenated alkanes) is 1.